The normalized spacial score (nSPS) is 12.6. The molecule has 0 fully saturated rings. The minimum atomic E-state index is -2.87. The van der Waals surface area contributed by atoms with Gasteiger partial charge in [-0.25, -0.2) is 4.79 Å². The fraction of sp³-hybridized carbons (Fsp3) is 0.294. The summed E-state index contributed by atoms with van der Waals surface area (Å²) in [5.74, 6) is -0.370. The third-order valence-corrected chi connectivity index (χ3v) is 4.94. The average molecular weight is 366 g/mol. The number of alkyl halides is 2. The van der Waals surface area contributed by atoms with Crippen molar-refractivity contribution in [3.63, 3.8) is 0 Å². The molecular formula is C17H16F2N2O3S. The summed E-state index contributed by atoms with van der Waals surface area (Å²) in [7, 11) is 1.83. The Morgan fingerprint density at radius 3 is 2.56 bits per heavy atom. The number of halogens is 2. The number of esters is 1. The van der Waals surface area contributed by atoms with Crippen molar-refractivity contribution in [1.29, 1.82) is 0 Å². The van der Waals surface area contributed by atoms with Crippen LogP contribution in [0.5, 0.6) is 5.75 Å². The van der Waals surface area contributed by atoms with Gasteiger partial charge in [-0.05, 0) is 37.6 Å². The van der Waals surface area contributed by atoms with E-state index in [4.69, 9.17) is 4.74 Å². The van der Waals surface area contributed by atoms with E-state index in [1.165, 1.54) is 23.5 Å². The van der Waals surface area contributed by atoms with Crippen LogP contribution in [0.3, 0.4) is 0 Å². The van der Waals surface area contributed by atoms with Gasteiger partial charge in [-0.1, -0.05) is 12.1 Å². The number of carbonyl (C=O) groups excluding carboxylic acids is 1. The van der Waals surface area contributed by atoms with Gasteiger partial charge >= 0.3 is 12.6 Å². The summed E-state index contributed by atoms with van der Waals surface area (Å²) in [5, 5.41) is 5.23. The highest BCUT2D eigenvalue weighted by molar-refractivity contribution is 7.20. The molecule has 2 aromatic heterocycles. The number of thiophene rings is 1. The lowest BCUT2D eigenvalue weighted by Gasteiger charge is -2.13. The molecule has 0 N–H and O–H groups in total. The molecule has 8 heteroatoms. The SMILES string of the molecule is Cc1nn(C)c2sc(C(=O)O[C@@H](C)c3ccc(OC(F)F)cc3)cc12. The molecule has 0 bridgehead atoms. The second-order valence-electron chi connectivity index (χ2n) is 5.53. The first-order chi connectivity index (χ1) is 11.8. The van der Waals surface area contributed by atoms with Crippen LogP contribution >= 0.6 is 11.3 Å². The number of aromatic nitrogens is 2. The van der Waals surface area contributed by atoms with Gasteiger partial charge in [0.05, 0.1) is 5.69 Å². The molecule has 0 aliphatic carbocycles. The summed E-state index contributed by atoms with van der Waals surface area (Å²) >= 11 is 1.32. The predicted octanol–water partition coefficient (Wildman–Crippen LogP) is 4.46. The molecular weight excluding hydrogens is 350 g/mol. The third kappa shape index (κ3) is 3.63. The van der Waals surface area contributed by atoms with E-state index in [-0.39, 0.29) is 5.75 Å². The van der Waals surface area contributed by atoms with E-state index in [1.807, 2.05) is 14.0 Å². The Morgan fingerprint density at radius 2 is 1.96 bits per heavy atom. The Bertz CT molecular complexity index is 868. The number of nitrogens with zero attached hydrogens (tertiary/aromatic N) is 2. The number of hydrogen-bond acceptors (Lipinski definition) is 5. The molecule has 0 aliphatic heterocycles. The van der Waals surface area contributed by atoms with Crippen LogP contribution in [0.25, 0.3) is 10.2 Å². The monoisotopic (exact) mass is 366 g/mol. The van der Waals surface area contributed by atoms with Gasteiger partial charge in [-0.15, -0.1) is 11.3 Å². The van der Waals surface area contributed by atoms with Crippen molar-refractivity contribution in [3.05, 3.63) is 46.5 Å². The Labute approximate surface area is 146 Å². The fourth-order valence-electron chi connectivity index (χ4n) is 2.51. The maximum absolute atomic E-state index is 12.4. The molecule has 0 radical (unpaired) electrons. The minimum absolute atomic E-state index is 0.0600. The first-order valence-corrected chi connectivity index (χ1v) is 8.35. The lowest BCUT2D eigenvalue weighted by Crippen LogP contribution is -2.08. The van der Waals surface area contributed by atoms with Crippen LogP contribution < -0.4 is 4.74 Å². The third-order valence-electron chi connectivity index (χ3n) is 3.76. The van der Waals surface area contributed by atoms with Crippen LogP contribution in [0, 0.1) is 6.92 Å². The highest BCUT2D eigenvalue weighted by Gasteiger charge is 2.19. The lowest BCUT2D eigenvalue weighted by atomic mass is 10.1. The molecule has 5 nitrogen and oxygen atoms in total. The summed E-state index contributed by atoms with van der Waals surface area (Å²) < 4.78 is 35.8. The summed E-state index contributed by atoms with van der Waals surface area (Å²) in [6.07, 6.45) is -0.516. The maximum Gasteiger partial charge on any atom is 0.387 e. The molecule has 1 aromatic carbocycles. The highest BCUT2D eigenvalue weighted by Crippen LogP contribution is 2.30. The Hall–Kier alpha value is -2.48. The van der Waals surface area contributed by atoms with Crippen molar-refractivity contribution in [2.75, 3.05) is 0 Å². The van der Waals surface area contributed by atoms with Gasteiger partial charge in [0, 0.05) is 12.4 Å². The number of aryl methyl sites for hydroxylation is 2. The van der Waals surface area contributed by atoms with E-state index >= 15 is 0 Å². The molecule has 132 valence electrons. The molecule has 3 aromatic rings. The number of hydrogen-bond donors (Lipinski definition) is 0. The van der Waals surface area contributed by atoms with Crippen LogP contribution in [-0.4, -0.2) is 22.4 Å². The van der Waals surface area contributed by atoms with Crippen molar-refractivity contribution in [2.45, 2.75) is 26.6 Å². The van der Waals surface area contributed by atoms with Gasteiger partial charge in [0.1, 0.15) is 21.6 Å². The van der Waals surface area contributed by atoms with Crippen LogP contribution in [0.2, 0.25) is 0 Å². The van der Waals surface area contributed by atoms with Crippen molar-refractivity contribution >= 4 is 27.5 Å². The number of ether oxygens (including phenoxy) is 2. The van der Waals surface area contributed by atoms with Crippen molar-refractivity contribution in [2.24, 2.45) is 7.05 Å². The van der Waals surface area contributed by atoms with Gasteiger partial charge in [0.15, 0.2) is 0 Å². The van der Waals surface area contributed by atoms with Gasteiger partial charge in [0.2, 0.25) is 0 Å². The lowest BCUT2D eigenvalue weighted by molar-refractivity contribution is -0.0498. The molecule has 0 saturated heterocycles. The molecule has 1 atom stereocenters. The van der Waals surface area contributed by atoms with Crippen molar-refractivity contribution in [3.8, 4) is 5.75 Å². The molecule has 3 rings (SSSR count). The first kappa shape index (κ1) is 17.3. The summed E-state index contributed by atoms with van der Waals surface area (Å²) in [6, 6.07) is 7.79. The largest absolute Gasteiger partial charge is 0.454 e. The van der Waals surface area contributed by atoms with Crippen molar-refractivity contribution in [1.82, 2.24) is 9.78 Å². The smallest absolute Gasteiger partial charge is 0.387 e. The number of rotatable bonds is 5. The zero-order valence-corrected chi connectivity index (χ0v) is 14.6. The van der Waals surface area contributed by atoms with Gasteiger partial charge in [0.25, 0.3) is 0 Å². The average Bonchev–Trinajstić information content (AvgIpc) is 3.09. The topological polar surface area (TPSA) is 53.4 Å². The standard InChI is InChI=1S/C17H16F2N2O3S/c1-9-13-8-14(25-15(13)21(3)20-9)16(22)23-10(2)11-4-6-12(7-5-11)24-17(18)19/h4-8,10,17H,1-3H3/t10-/m0/s1. The Balaban J connectivity index is 1.71. The van der Waals surface area contributed by atoms with E-state index < -0.39 is 18.7 Å². The van der Waals surface area contributed by atoms with E-state index in [1.54, 1.807) is 29.8 Å². The van der Waals surface area contributed by atoms with E-state index in [2.05, 4.69) is 9.84 Å². The van der Waals surface area contributed by atoms with Gasteiger partial charge < -0.3 is 9.47 Å². The molecule has 0 unspecified atom stereocenters. The Morgan fingerprint density at radius 1 is 1.28 bits per heavy atom. The summed E-state index contributed by atoms with van der Waals surface area (Å²) in [5.41, 5.74) is 1.55. The van der Waals surface area contributed by atoms with Crippen molar-refractivity contribution < 1.29 is 23.0 Å². The number of carbonyl (C=O) groups is 1. The zero-order chi connectivity index (χ0) is 18.1. The quantitative estimate of drug-likeness (QED) is 0.626. The molecule has 0 saturated carbocycles. The second-order valence-corrected chi connectivity index (χ2v) is 6.56. The molecule has 25 heavy (non-hydrogen) atoms. The minimum Gasteiger partial charge on any atom is -0.454 e. The first-order valence-electron chi connectivity index (χ1n) is 7.54. The van der Waals surface area contributed by atoms with E-state index in [0.717, 1.165) is 15.9 Å². The molecule has 0 amide bonds. The van der Waals surface area contributed by atoms with E-state index in [9.17, 15) is 13.6 Å². The van der Waals surface area contributed by atoms with Gasteiger partial charge in [-0.3, -0.25) is 4.68 Å². The van der Waals surface area contributed by atoms with Crippen LogP contribution in [-0.2, 0) is 11.8 Å². The molecule has 2 heterocycles. The van der Waals surface area contributed by atoms with Crippen LogP contribution in [0.1, 0.15) is 34.0 Å². The summed E-state index contributed by atoms with van der Waals surface area (Å²) in [6.45, 7) is 0.739. The van der Waals surface area contributed by atoms with Crippen LogP contribution in [0.15, 0.2) is 30.3 Å². The Kier molecular flexibility index (Phi) is 4.71. The van der Waals surface area contributed by atoms with Gasteiger partial charge in [-0.2, -0.15) is 13.9 Å². The number of fused-ring (bicyclic) bond motifs is 1. The summed E-state index contributed by atoms with van der Waals surface area (Å²) in [4.78, 5) is 13.8. The van der Waals surface area contributed by atoms with Crippen LogP contribution in [0.4, 0.5) is 8.78 Å². The number of benzene rings is 1. The zero-order valence-electron chi connectivity index (χ0n) is 13.8. The highest BCUT2D eigenvalue weighted by atomic mass is 32.1. The fourth-order valence-corrected chi connectivity index (χ4v) is 3.52. The molecule has 0 aliphatic rings. The second kappa shape index (κ2) is 6.79. The maximum atomic E-state index is 12.4. The molecule has 0 spiro atoms. The predicted molar refractivity (Wildman–Crippen MR) is 90.2 cm³/mol. The van der Waals surface area contributed by atoms with E-state index in [0.29, 0.717) is 10.4 Å².